The van der Waals surface area contributed by atoms with Gasteiger partial charge in [0.2, 0.25) is 0 Å². The van der Waals surface area contributed by atoms with Crippen LogP contribution >= 0.6 is 27.4 Å². The maximum atomic E-state index is 11.1. The van der Waals surface area contributed by atoms with Crippen LogP contribution in [0.1, 0.15) is 41.0 Å². The molecule has 0 saturated carbocycles. The Morgan fingerprint density at radius 3 is 1.50 bits per heavy atom. The molecule has 0 saturated heterocycles. The SMILES string of the molecule is CC(C)(C)CC(C)(C)SN(P(=O)(O)O)P(=O)(O)O. The molecule has 110 valence electrons. The van der Waals surface area contributed by atoms with E-state index in [0.29, 0.717) is 18.4 Å². The molecule has 0 aliphatic heterocycles. The molecular weight excluding hydrogens is 300 g/mol. The molecule has 0 aliphatic rings. The van der Waals surface area contributed by atoms with E-state index in [1.54, 1.807) is 13.8 Å². The van der Waals surface area contributed by atoms with Crippen LogP contribution < -0.4 is 0 Å². The van der Waals surface area contributed by atoms with E-state index in [1.807, 2.05) is 20.8 Å². The summed E-state index contributed by atoms with van der Waals surface area (Å²) in [5, 5.41) is 0. The van der Waals surface area contributed by atoms with E-state index in [-0.39, 0.29) is 9.26 Å². The monoisotopic (exact) mass is 321 g/mol. The fraction of sp³-hybridized carbons (Fsp3) is 1.00. The van der Waals surface area contributed by atoms with Crippen LogP contribution in [0.15, 0.2) is 0 Å². The predicted octanol–water partition coefficient (Wildman–Crippen LogP) is 2.34. The van der Waals surface area contributed by atoms with Gasteiger partial charge in [-0.3, -0.25) is 0 Å². The van der Waals surface area contributed by atoms with Gasteiger partial charge in [0.05, 0.1) is 0 Å². The van der Waals surface area contributed by atoms with Crippen LogP contribution in [0.4, 0.5) is 0 Å². The van der Waals surface area contributed by atoms with Gasteiger partial charge >= 0.3 is 15.5 Å². The highest BCUT2D eigenvalue weighted by Gasteiger charge is 2.45. The predicted molar refractivity (Wildman–Crippen MR) is 71.7 cm³/mol. The van der Waals surface area contributed by atoms with Gasteiger partial charge in [-0.05, 0) is 25.7 Å². The minimum atomic E-state index is -5.03. The number of nitrogens with zero attached hydrogens (tertiary/aromatic N) is 1. The normalized spacial score (nSPS) is 15.2. The van der Waals surface area contributed by atoms with Crippen molar-refractivity contribution in [2.75, 3.05) is 0 Å². The van der Waals surface area contributed by atoms with Crippen LogP contribution in [0.5, 0.6) is 0 Å². The Kier molecular flexibility index (Phi) is 5.73. The molecule has 0 heterocycles. The van der Waals surface area contributed by atoms with Crippen LogP contribution in [-0.2, 0) is 9.13 Å². The van der Waals surface area contributed by atoms with Crippen LogP contribution in [0.3, 0.4) is 0 Å². The maximum Gasteiger partial charge on any atom is 0.422 e. The van der Waals surface area contributed by atoms with Crippen molar-refractivity contribution in [3.8, 4) is 0 Å². The number of hydrogen-bond acceptors (Lipinski definition) is 3. The van der Waals surface area contributed by atoms with Crippen molar-refractivity contribution in [3.05, 3.63) is 0 Å². The Balaban J connectivity index is 5.14. The molecule has 0 aromatic heterocycles. The maximum absolute atomic E-state index is 11.1. The quantitative estimate of drug-likeness (QED) is 0.450. The molecule has 0 amide bonds. The molecular formula is C8H21NO6P2S. The molecule has 10 heteroatoms. The summed E-state index contributed by atoms with van der Waals surface area (Å²) >= 11 is 0.495. The molecule has 18 heavy (non-hydrogen) atoms. The first kappa shape index (κ1) is 18.6. The fourth-order valence-corrected chi connectivity index (χ4v) is 6.12. The van der Waals surface area contributed by atoms with E-state index >= 15 is 0 Å². The summed E-state index contributed by atoms with van der Waals surface area (Å²) < 4.78 is 21.4. The second-order valence-corrected chi connectivity index (χ2v) is 11.2. The summed E-state index contributed by atoms with van der Waals surface area (Å²) in [7, 11) is -10.1. The van der Waals surface area contributed by atoms with Gasteiger partial charge in [0.15, 0.2) is 0 Å². The lowest BCUT2D eigenvalue weighted by molar-refractivity contribution is 0.304. The molecule has 0 bridgehead atoms. The molecule has 4 N–H and O–H groups in total. The molecule has 0 rings (SSSR count). The average Bonchev–Trinajstić information content (AvgIpc) is 1.90. The molecule has 0 spiro atoms. The lowest BCUT2D eigenvalue weighted by atomic mass is 9.86. The van der Waals surface area contributed by atoms with Crippen molar-refractivity contribution >= 4 is 27.4 Å². The topological polar surface area (TPSA) is 118 Å². The third-order valence-electron chi connectivity index (χ3n) is 1.73. The van der Waals surface area contributed by atoms with Gasteiger partial charge in [-0.25, -0.2) is 9.13 Å². The van der Waals surface area contributed by atoms with Gasteiger partial charge in [0, 0.05) is 4.75 Å². The van der Waals surface area contributed by atoms with Crippen LogP contribution in [0.25, 0.3) is 0 Å². The van der Waals surface area contributed by atoms with Gasteiger partial charge in [0.25, 0.3) is 0 Å². The largest absolute Gasteiger partial charge is 0.422 e. The van der Waals surface area contributed by atoms with E-state index < -0.39 is 20.2 Å². The Morgan fingerprint density at radius 2 is 1.28 bits per heavy atom. The van der Waals surface area contributed by atoms with Crippen LogP contribution in [0.2, 0.25) is 0 Å². The van der Waals surface area contributed by atoms with Gasteiger partial charge in [-0.15, -0.1) is 0 Å². The Bertz CT molecular complexity index is 360. The average molecular weight is 321 g/mol. The fourth-order valence-electron chi connectivity index (χ4n) is 1.79. The molecule has 7 nitrogen and oxygen atoms in total. The van der Waals surface area contributed by atoms with E-state index in [9.17, 15) is 9.13 Å². The molecule has 0 aliphatic carbocycles. The number of rotatable bonds is 5. The third kappa shape index (κ3) is 7.26. The summed E-state index contributed by atoms with van der Waals surface area (Å²) in [5.41, 5.74) is -0.133. The summed E-state index contributed by atoms with van der Waals surface area (Å²) in [6.07, 6.45) is 0.529. The van der Waals surface area contributed by atoms with Crippen molar-refractivity contribution in [1.82, 2.24) is 3.85 Å². The molecule has 0 unspecified atom stereocenters. The highest BCUT2D eigenvalue weighted by atomic mass is 32.2. The third-order valence-corrected chi connectivity index (χ3v) is 6.59. The summed E-state index contributed by atoms with van der Waals surface area (Å²) in [4.78, 5) is 36.0. The van der Waals surface area contributed by atoms with Gasteiger partial charge in [0.1, 0.15) is 0 Å². The zero-order valence-corrected chi connectivity index (χ0v) is 13.7. The molecule has 0 atom stereocenters. The Morgan fingerprint density at radius 1 is 0.944 bits per heavy atom. The Labute approximate surface area is 112 Å². The van der Waals surface area contributed by atoms with Crippen LogP contribution in [0, 0.1) is 5.41 Å². The van der Waals surface area contributed by atoms with E-state index in [4.69, 9.17) is 19.6 Å². The lowest BCUT2D eigenvalue weighted by Gasteiger charge is -2.35. The second kappa shape index (κ2) is 5.54. The van der Waals surface area contributed by atoms with E-state index in [0.717, 1.165) is 0 Å². The second-order valence-electron chi connectivity index (χ2n) is 5.87. The van der Waals surface area contributed by atoms with Crippen molar-refractivity contribution < 1.29 is 28.7 Å². The number of hydrogen-bond donors (Lipinski definition) is 4. The molecule has 0 aromatic carbocycles. The van der Waals surface area contributed by atoms with Gasteiger partial charge in [-0.1, -0.05) is 36.6 Å². The van der Waals surface area contributed by atoms with Gasteiger partial charge < -0.3 is 19.6 Å². The Hall–Kier alpha value is 0.610. The summed E-state index contributed by atoms with van der Waals surface area (Å²) in [5.74, 6) is 0. The van der Waals surface area contributed by atoms with Crippen molar-refractivity contribution in [1.29, 1.82) is 0 Å². The molecule has 0 radical (unpaired) electrons. The lowest BCUT2D eigenvalue weighted by Crippen LogP contribution is -2.27. The summed E-state index contributed by atoms with van der Waals surface area (Å²) in [6, 6.07) is 0. The first-order valence-electron chi connectivity index (χ1n) is 5.16. The molecule has 0 fully saturated rings. The minimum absolute atomic E-state index is 0.105. The minimum Gasteiger partial charge on any atom is -0.312 e. The van der Waals surface area contributed by atoms with Crippen molar-refractivity contribution in [2.24, 2.45) is 5.41 Å². The highest BCUT2D eigenvalue weighted by Crippen LogP contribution is 2.65. The van der Waals surface area contributed by atoms with Crippen LogP contribution in [-0.4, -0.2) is 28.2 Å². The smallest absolute Gasteiger partial charge is 0.312 e. The molecule has 0 aromatic rings. The first-order valence-corrected chi connectivity index (χ1v) is 9.06. The highest BCUT2D eigenvalue weighted by molar-refractivity contribution is 8.07. The van der Waals surface area contributed by atoms with Crippen molar-refractivity contribution in [2.45, 2.75) is 45.8 Å². The summed E-state index contributed by atoms with van der Waals surface area (Å²) in [6.45, 7) is 9.18. The first-order chi connectivity index (χ1) is 7.55. The van der Waals surface area contributed by atoms with Gasteiger partial charge in [-0.2, -0.15) is 0 Å². The zero-order chi connectivity index (χ0) is 15.0. The standard InChI is InChI=1S/C8H21NO6P2S/c1-7(2,3)6-8(4,5)18-9(16(10,11)12)17(13,14)15/h6H2,1-5H3,(H2,10,11,12)(H2,13,14,15). The van der Waals surface area contributed by atoms with E-state index in [1.165, 1.54) is 0 Å². The van der Waals surface area contributed by atoms with Crippen molar-refractivity contribution in [3.63, 3.8) is 0 Å². The van der Waals surface area contributed by atoms with E-state index in [2.05, 4.69) is 0 Å². The zero-order valence-electron chi connectivity index (χ0n) is 11.1.